The molecule has 0 aromatic carbocycles. The van der Waals surface area contributed by atoms with Gasteiger partial charge in [-0.2, -0.15) is 0 Å². The van der Waals surface area contributed by atoms with E-state index < -0.39 is 0 Å². The van der Waals surface area contributed by atoms with Crippen LogP contribution < -0.4 is 10.2 Å². The summed E-state index contributed by atoms with van der Waals surface area (Å²) in [5.74, 6) is 1.91. The second-order valence-corrected chi connectivity index (χ2v) is 4.53. The summed E-state index contributed by atoms with van der Waals surface area (Å²) in [6.45, 7) is 6.57. The summed E-state index contributed by atoms with van der Waals surface area (Å²) < 4.78 is 2.22. The minimum absolute atomic E-state index is 0.765. The minimum Gasteiger partial charge on any atom is -0.342 e. The first-order valence-electron chi connectivity index (χ1n) is 6.25. The van der Waals surface area contributed by atoms with E-state index in [1.54, 1.807) is 0 Å². The highest BCUT2D eigenvalue weighted by Gasteiger charge is 2.21. The lowest BCUT2D eigenvalue weighted by atomic mass is 9.98. The Hall–Kier alpha value is -1.03. The van der Waals surface area contributed by atoms with Crippen LogP contribution in [0, 0.1) is 5.92 Å². The van der Waals surface area contributed by atoms with Gasteiger partial charge in [-0.15, -0.1) is 0 Å². The number of hydrogen-bond donors (Lipinski definition) is 1. The summed E-state index contributed by atoms with van der Waals surface area (Å²) in [7, 11) is 2.03. The molecule has 1 aliphatic heterocycles. The normalized spacial score (nSPS) is 21.4. The van der Waals surface area contributed by atoms with Gasteiger partial charge in [-0.05, 0) is 39.3 Å². The Labute approximate surface area is 97.7 Å². The molecule has 1 aliphatic rings. The largest absolute Gasteiger partial charge is 0.342 e. The van der Waals surface area contributed by atoms with E-state index in [2.05, 4.69) is 32.9 Å². The van der Waals surface area contributed by atoms with Gasteiger partial charge in [-0.3, -0.25) is 0 Å². The fourth-order valence-electron chi connectivity index (χ4n) is 2.53. The molecule has 4 heteroatoms. The molecule has 2 rings (SSSR count). The van der Waals surface area contributed by atoms with E-state index in [1.165, 1.54) is 12.8 Å². The van der Waals surface area contributed by atoms with E-state index in [1.807, 2.05) is 13.2 Å². The molecule has 16 heavy (non-hydrogen) atoms. The van der Waals surface area contributed by atoms with Crippen LogP contribution in [0.1, 0.15) is 19.8 Å². The smallest absolute Gasteiger partial charge is 0.205 e. The van der Waals surface area contributed by atoms with E-state index >= 15 is 0 Å². The topological polar surface area (TPSA) is 33.1 Å². The summed E-state index contributed by atoms with van der Waals surface area (Å²) in [5.41, 5.74) is 0. The molecular weight excluding hydrogens is 200 g/mol. The van der Waals surface area contributed by atoms with E-state index in [0.29, 0.717) is 0 Å². The Morgan fingerprint density at radius 2 is 2.44 bits per heavy atom. The Kier molecular flexibility index (Phi) is 3.83. The van der Waals surface area contributed by atoms with Crippen molar-refractivity contribution in [3.05, 3.63) is 12.4 Å². The van der Waals surface area contributed by atoms with Gasteiger partial charge in [-0.1, -0.05) is 0 Å². The number of aromatic nitrogens is 2. The van der Waals surface area contributed by atoms with Crippen molar-refractivity contribution in [3.63, 3.8) is 0 Å². The van der Waals surface area contributed by atoms with Crippen molar-refractivity contribution >= 4 is 5.95 Å². The van der Waals surface area contributed by atoms with Gasteiger partial charge < -0.3 is 14.8 Å². The second-order valence-electron chi connectivity index (χ2n) is 4.53. The van der Waals surface area contributed by atoms with Crippen molar-refractivity contribution in [3.8, 4) is 0 Å². The number of hydrogen-bond acceptors (Lipinski definition) is 3. The monoisotopic (exact) mass is 222 g/mol. The Morgan fingerprint density at radius 1 is 1.56 bits per heavy atom. The molecule has 1 N–H and O–H groups in total. The maximum atomic E-state index is 4.47. The SMILES string of the molecule is CCn1ccnc1N1CCCC(CNC)C1. The van der Waals surface area contributed by atoms with Crippen molar-refractivity contribution in [2.75, 3.05) is 31.6 Å². The highest BCUT2D eigenvalue weighted by Crippen LogP contribution is 2.21. The molecule has 1 saturated heterocycles. The molecule has 1 aromatic heterocycles. The first-order valence-corrected chi connectivity index (χ1v) is 6.25. The van der Waals surface area contributed by atoms with Gasteiger partial charge in [0.1, 0.15) is 0 Å². The van der Waals surface area contributed by atoms with Gasteiger partial charge >= 0.3 is 0 Å². The predicted molar refractivity (Wildman–Crippen MR) is 66.8 cm³/mol. The van der Waals surface area contributed by atoms with E-state index in [0.717, 1.165) is 38.0 Å². The van der Waals surface area contributed by atoms with Gasteiger partial charge in [-0.25, -0.2) is 4.98 Å². The molecule has 1 aromatic rings. The molecule has 1 atom stereocenters. The zero-order valence-electron chi connectivity index (χ0n) is 10.3. The molecule has 0 amide bonds. The van der Waals surface area contributed by atoms with Crippen LogP contribution in [0.3, 0.4) is 0 Å². The summed E-state index contributed by atoms with van der Waals surface area (Å²) in [5, 5.41) is 3.28. The average molecular weight is 222 g/mol. The summed E-state index contributed by atoms with van der Waals surface area (Å²) in [6.07, 6.45) is 6.59. The van der Waals surface area contributed by atoms with Crippen LogP contribution in [0.5, 0.6) is 0 Å². The Morgan fingerprint density at radius 3 is 3.19 bits per heavy atom. The number of rotatable bonds is 4. The van der Waals surface area contributed by atoms with Crippen molar-refractivity contribution in [1.82, 2.24) is 14.9 Å². The van der Waals surface area contributed by atoms with Gasteiger partial charge in [0.15, 0.2) is 0 Å². The number of piperidine rings is 1. The van der Waals surface area contributed by atoms with Crippen LogP contribution in [0.4, 0.5) is 5.95 Å². The number of nitrogens with zero attached hydrogens (tertiary/aromatic N) is 3. The molecule has 4 nitrogen and oxygen atoms in total. The van der Waals surface area contributed by atoms with Crippen LogP contribution in [-0.2, 0) is 6.54 Å². The molecule has 1 unspecified atom stereocenters. The van der Waals surface area contributed by atoms with Gasteiger partial charge in [0, 0.05) is 32.0 Å². The van der Waals surface area contributed by atoms with Gasteiger partial charge in [0.25, 0.3) is 0 Å². The highest BCUT2D eigenvalue weighted by atomic mass is 15.3. The van der Waals surface area contributed by atoms with Crippen molar-refractivity contribution in [2.24, 2.45) is 5.92 Å². The van der Waals surface area contributed by atoms with Crippen molar-refractivity contribution < 1.29 is 0 Å². The zero-order valence-corrected chi connectivity index (χ0v) is 10.3. The third-order valence-corrected chi connectivity index (χ3v) is 3.33. The van der Waals surface area contributed by atoms with Crippen molar-refractivity contribution in [1.29, 1.82) is 0 Å². The van der Waals surface area contributed by atoms with E-state index in [4.69, 9.17) is 0 Å². The first-order chi connectivity index (χ1) is 7.85. The third-order valence-electron chi connectivity index (χ3n) is 3.33. The van der Waals surface area contributed by atoms with E-state index in [9.17, 15) is 0 Å². The molecule has 2 heterocycles. The molecule has 0 spiro atoms. The molecule has 1 fully saturated rings. The van der Waals surface area contributed by atoms with Crippen LogP contribution in [0.2, 0.25) is 0 Å². The molecule has 90 valence electrons. The van der Waals surface area contributed by atoms with Gasteiger partial charge in [0.2, 0.25) is 5.95 Å². The molecule has 0 bridgehead atoms. The van der Waals surface area contributed by atoms with Crippen LogP contribution >= 0.6 is 0 Å². The highest BCUT2D eigenvalue weighted by molar-refractivity contribution is 5.32. The summed E-state index contributed by atoms with van der Waals surface area (Å²) >= 11 is 0. The van der Waals surface area contributed by atoms with Crippen molar-refractivity contribution in [2.45, 2.75) is 26.3 Å². The van der Waals surface area contributed by atoms with Crippen LogP contribution in [-0.4, -0.2) is 36.2 Å². The number of anilines is 1. The van der Waals surface area contributed by atoms with Gasteiger partial charge in [0.05, 0.1) is 0 Å². The molecule has 0 radical (unpaired) electrons. The molecule has 0 saturated carbocycles. The molecular formula is C12H22N4. The van der Waals surface area contributed by atoms with E-state index in [-0.39, 0.29) is 0 Å². The lowest BCUT2D eigenvalue weighted by Gasteiger charge is -2.33. The first kappa shape index (κ1) is 11.5. The quantitative estimate of drug-likeness (QED) is 0.834. The number of nitrogens with one attached hydrogen (secondary N) is 1. The third kappa shape index (κ3) is 2.38. The lowest BCUT2D eigenvalue weighted by molar-refractivity contribution is 0.397. The fourth-order valence-corrected chi connectivity index (χ4v) is 2.53. The maximum Gasteiger partial charge on any atom is 0.205 e. The van der Waals surface area contributed by atoms with Crippen LogP contribution in [0.15, 0.2) is 12.4 Å². The number of aryl methyl sites for hydroxylation is 1. The minimum atomic E-state index is 0.765. The predicted octanol–water partition coefficient (Wildman–Crippen LogP) is 1.34. The standard InChI is InChI=1S/C12H22N4/c1-3-15-8-6-14-12(15)16-7-4-5-11(10-16)9-13-2/h6,8,11,13H,3-5,7,9-10H2,1-2H3. The number of imidazole rings is 1. The zero-order chi connectivity index (χ0) is 11.4. The molecule has 0 aliphatic carbocycles. The Bertz CT molecular complexity index is 319. The maximum absolute atomic E-state index is 4.47. The summed E-state index contributed by atoms with van der Waals surface area (Å²) in [4.78, 5) is 6.90. The summed E-state index contributed by atoms with van der Waals surface area (Å²) in [6, 6.07) is 0. The lowest BCUT2D eigenvalue weighted by Crippen LogP contribution is -2.40. The van der Waals surface area contributed by atoms with Crippen LogP contribution in [0.25, 0.3) is 0 Å². The Balaban J connectivity index is 2.03. The fraction of sp³-hybridized carbons (Fsp3) is 0.750. The second kappa shape index (κ2) is 5.34. The average Bonchev–Trinajstić information content (AvgIpc) is 2.78.